The van der Waals surface area contributed by atoms with Crippen LogP contribution in [0.4, 0.5) is 11.4 Å². The molecular weight excluding hydrogens is 570 g/mol. The number of para-hydroxylation sites is 1. The molecule has 0 aliphatic carbocycles. The Hall–Kier alpha value is -3.07. The van der Waals surface area contributed by atoms with Gasteiger partial charge in [-0.25, -0.2) is 0 Å². The molecule has 3 amide bonds. The van der Waals surface area contributed by atoms with Gasteiger partial charge in [0.2, 0.25) is 11.8 Å². The number of rotatable bonds is 11. The molecule has 1 N–H and O–H groups in total. The van der Waals surface area contributed by atoms with E-state index in [2.05, 4.69) is 20.1 Å². The number of aliphatic hydroxyl groups is 1. The lowest BCUT2D eigenvalue weighted by atomic mass is 9.65. The first-order chi connectivity index (χ1) is 20.2. The summed E-state index contributed by atoms with van der Waals surface area (Å²) in [5.41, 5.74) is 1.39. The van der Waals surface area contributed by atoms with Crippen molar-refractivity contribution in [1.82, 2.24) is 4.90 Å². The Kier molecular flexibility index (Phi) is 8.88. The van der Waals surface area contributed by atoms with Crippen LogP contribution in [0.3, 0.4) is 0 Å². The first-order valence-electron chi connectivity index (χ1n) is 14.5. The minimum absolute atomic E-state index is 0.000951. The molecule has 5 rings (SSSR count). The molecule has 9 heteroatoms. The van der Waals surface area contributed by atoms with Gasteiger partial charge < -0.3 is 19.8 Å². The third-order valence-corrected chi connectivity index (χ3v) is 11.5. The van der Waals surface area contributed by atoms with E-state index in [4.69, 9.17) is 11.6 Å². The summed E-state index contributed by atoms with van der Waals surface area (Å²) in [4.78, 5) is 48.7. The molecule has 7 nitrogen and oxygen atoms in total. The summed E-state index contributed by atoms with van der Waals surface area (Å²) < 4.78 is -0.815. The number of anilines is 2. The van der Waals surface area contributed by atoms with Gasteiger partial charge in [-0.1, -0.05) is 55.8 Å². The molecule has 2 aromatic rings. The largest absolute Gasteiger partial charge is 0.394 e. The molecular formula is C33H38ClN3O4S. The lowest BCUT2D eigenvalue weighted by Gasteiger charge is -2.42. The van der Waals surface area contributed by atoms with Crippen molar-refractivity contribution in [2.24, 2.45) is 17.8 Å². The van der Waals surface area contributed by atoms with E-state index in [-0.39, 0.29) is 42.0 Å². The number of aliphatic hydroxyl groups excluding tert-OH is 1. The van der Waals surface area contributed by atoms with Gasteiger partial charge in [-0.15, -0.1) is 24.9 Å². The lowest BCUT2D eigenvalue weighted by Crippen LogP contribution is -2.59. The van der Waals surface area contributed by atoms with Crippen LogP contribution in [0.5, 0.6) is 0 Å². The highest BCUT2D eigenvalue weighted by atomic mass is 35.5. The second kappa shape index (κ2) is 12.3. The second-order valence-electron chi connectivity index (χ2n) is 11.3. The first-order valence-corrected chi connectivity index (χ1v) is 15.8. The van der Waals surface area contributed by atoms with E-state index < -0.39 is 28.7 Å². The smallest absolute Gasteiger partial charge is 0.251 e. The van der Waals surface area contributed by atoms with E-state index in [1.165, 1.54) is 0 Å². The van der Waals surface area contributed by atoms with Crippen LogP contribution in [0.15, 0.2) is 79.9 Å². The van der Waals surface area contributed by atoms with Crippen molar-refractivity contribution in [3.8, 4) is 0 Å². The fraction of sp³-hybridized carbons (Fsp3) is 0.424. The van der Waals surface area contributed by atoms with Gasteiger partial charge in [-0.05, 0) is 55.2 Å². The van der Waals surface area contributed by atoms with E-state index >= 15 is 0 Å². The van der Waals surface area contributed by atoms with Crippen LogP contribution >= 0.6 is 23.4 Å². The van der Waals surface area contributed by atoms with E-state index in [1.807, 2.05) is 37.3 Å². The number of hydrogen-bond acceptors (Lipinski definition) is 5. The van der Waals surface area contributed by atoms with Crippen molar-refractivity contribution < 1.29 is 19.5 Å². The third-order valence-electron chi connectivity index (χ3n) is 9.14. The number of fused-ring (bicyclic) bond motifs is 1. The Morgan fingerprint density at radius 3 is 2.24 bits per heavy atom. The number of thioether (sulfide) groups is 1. The van der Waals surface area contributed by atoms with Crippen molar-refractivity contribution in [2.75, 3.05) is 29.5 Å². The van der Waals surface area contributed by atoms with Crippen LogP contribution in [-0.2, 0) is 14.4 Å². The Balaban J connectivity index is 1.62. The summed E-state index contributed by atoms with van der Waals surface area (Å²) in [6, 6.07) is 15.0. The van der Waals surface area contributed by atoms with Crippen LogP contribution in [0.2, 0.25) is 5.02 Å². The highest BCUT2D eigenvalue weighted by molar-refractivity contribution is 8.02. The summed E-state index contributed by atoms with van der Waals surface area (Å²) in [5.74, 6) is -1.88. The molecule has 0 saturated carbocycles. The normalized spacial score (nSPS) is 28.3. The monoisotopic (exact) mass is 607 g/mol. The standard InChI is InChI=1S/C33H38ClN3O4S/c1-5-17-35(24-11-9-8-10-12-24)30(39)27-26-19-21(4)33(42-26)28(27)31(40)37(23(7-3)20-38)29(33)32(41)36(18-6-2)25-15-13-22(34)14-16-25/h5-6,8-16,21,23,26-29,38H,1-2,7,17-20H2,3-4H3/t21?,23-,26+,27-,28-,29?,33?/m0/s1. The van der Waals surface area contributed by atoms with Gasteiger partial charge in [0.15, 0.2) is 0 Å². The maximum atomic E-state index is 14.8. The molecule has 3 unspecified atom stereocenters. The quantitative estimate of drug-likeness (QED) is 0.356. The molecule has 2 bridgehead atoms. The maximum absolute atomic E-state index is 14.8. The predicted octanol–water partition coefficient (Wildman–Crippen LogP) is 5.19. The first kappa shape index (κ1) is 30.4. The number of carbonyl (C=O) groups excluding carboxylic acids is 3. The molecule has 2 aromatic carbocycles. The van der Waals surface area contributed by atoms with E-state index in [0.717, 1.165) is 12.1 Å². The highest BCUT2D eigenvalue weighted by Crippen LogP contribution is 2.69. The second-order valence-corrected chi connectivity index (χ2v) is 13.3. The van der Waals surface area contributed by atoms with Crippen LogP contribution in [-0.4, -0.2) is 69.5 Å². The Labute approximate surface area is 257 Å². The number of carbonyl (C=O) groups is 3. The van der Waals surface area contributed by atoms with Crippen molar-refractivity contribution in [1.29, 1.82) is 0 Å². The maximum Gasteiger partial charge on any atom is 0.251 e. The Morgan fingerprint density at radius 2 is 1.67 bits per heavy atom. The van der Waals surface area contributed by atoms with Crippen molar-refractivity contribution in [3.63, 3.8) is 0 Å². The molecule has 7 atom stereocenters. The number of benzene rings is 2. The molecule has 3 aliphatic heterocycles. The number of nitrogens with zero attached hydrogens (tertiary/aromatic N) is 3. The van der Waals surface area contributed by atoms with E-state index in [1.54, 1.807) is 62.9 Å². The average Bonchev–Trinajstić information content (AvgIpc) is 3.59. The minimum Gasteiger partial charge on any atom is -0.394 e. The lowest BCUT2D eigenvalue weighted by molar-refractivity contribution is -0.142. The van der Waals surface area contributed by atoms with Gasteiger partial charge in [0, 0.05) is 34.7 Å². The number of halogens is 1. The summed E-state index contributed by atoms with van der Waals surface area (Å²) in [6.07, 6.45) is 4.55. The van der Waals surface area contributed by atoms with Gasteiger partial charge in [0.05, 0.1) is 29.2 Å². The predicted molar refractivity (Wildman–Crippen MR) is 170 cm³/mol. The topological polar surface area (TPSA) is 81.2 Å². The summed E-state index contributed by atoms with van der Waals surface area (Å²) in [5, 5.41) is 10.9. The van der Waals surface area contributed by atoms with Crippen LogP contribution in [0.1, 0.15) is 26.7 Å². The van der Waals surface area contributed by atoms with E-state index in [0.29, 0.717) is 23.7 Å². The molecule has 0 radical (unpaired) electrons. The van der Waals surface area contributed by atoms with Crippen molar-refractivity contribution in [2.45, 2.75) is 48.8 Å². The van der Waals surface area contributed by atoms with Crippen LogP contribution in [0, 0.1) is 17.8 Å². The SMILES string of the molecule is C=CCN(C(=O)C1N([C@@H](CC)CO)C(=O)[C@@H]2[C@@H](C(=O)N(CC=C)c3ccccc3)[C@H]3CC(C)C12S3)c1ccc(Cl)cc1. The van der Waals surface area contributed by atoms with Crippen LogP contribution < -0.4 is 9.80 Å². The number of likely N-dealkylation sites (tertiary alicyclic amines) is 1. The zero-order valence-corrected chi connectivity index (χ0v) is 25.6. The zero-order valence-electron chi connectivity index (χ0n) is 24.1. The molecule has 3 aliphatic rings. The molecule has 3 saturated heterocycles. The summed E-state index contributed by atoms with van der Waals surface area (Å²) in [7, 11) is 0. The number of hydrogen-bond donors (Lipinski definition) is 1. The van der Waals surface area contributed by atoms with E-state index in [9.17, 15) is 19.5 Å². The average molecular weight is 608 g/mol. The fourth-order valence-electron chi connectivity index (χ4n) is 7.29. The zero-order chi connectivity index (χ0) is 30.2. The molecule has 0 aromatic heterocycles. The van der Waals surface area contributed by atoms with Crippen LogP contribution in [0.25, 0.3) is 0 Å². The molecule has 222 valence electrons. The van der Waals surface area contributed by atoms with Gasteiger partial charge in [-0.2, -0.15) is 0 Å². The molecule has 1 spiro atoms. The molecule has 3 fully saturated rings. The Morgan fingerprint density at radius 1 is 1.07 bits per heavy atom. The van der Waals surface area contributed by atoms with Gasteiger partial charge in [0.1, 0.15) is 6.04 Å². The van der Waals surface area contributed by atoms with Crippen molar-refractivity contribution in [3.05, 3.63) is 84.9 Å². The fourth-order valence-corrected chi connectivity index (χ4v) is 9.81. The van der Waals surface area contributed by atoms with Crippen molar-refractivity contribution >= 4 is 52.5 Å². The molecule has 3 heterocycles. The highest BCUT2D eigenvalue weighted by Gasteiger charge is 2.77. The minimum atomic E-state index is -0.852. The summed E-state index contributed by atoms with van der Waals surface area (Å²) >= 11 is 7.78. The third kappa shape index (κ3) is 4.77. The van der Waals surface area contributed by atoms with Gasteiger partial charge in [-0.3, -0.25) is 14.4 Å². The van der Waals surface area contributed by atoms with Gasteiger partial charge in [0.25, 0.3) is 5.91 Å². The number of amides is 3. The molecule has 42 heavy (non-hydrogen) atoms. The summed E-state index contributed by atoms with van der Waals surface area (Å²) in [6.45, 7) is 12.0. The Bertz CT molecular complexity index is 1350. The van der Waals surface area contributed by atoms with Gasteiger partial charge >= 0.3 is 0 Å².